The van der Waals surface area contributed by atoms with E-state index in [1.165, 1.54) is 26.4 Å². The first-order chi connectivity index (χ1) is 7.13. The Hall–Kier alpha value is -1.26. The van der Waals surface area contributed by atoms with Crippen LogP contribution in [0, 0.1) is 0 Å². The van der Waals surface area contributed by atoms with Crippen molar-refractivity contribution in [1.82, 2.24) is 0 Å². The fraction of sp³-hybridized carbons (Fsp3) is 0.300. The smallest absolute Gasteiger partial charge is 0.341 e. The third-order valence-corrected chi connectivity index (χ3v) is 2.13. The van der Waals surface area contributed by atoms with Gasteiger partial charge >= 0.3 is 5.97 Å². The highest BCUT2D eigenvalue weighted by Crippen LogP contribution is 2.28. The third-order valence-electron chi connectivity index (χ3n) is 1.91. The summed E-state index contributed by atoms with van der Waals surface area (Å²) in [5, 5.41) is 9.41. The van der Waals surface area contributed by atoms with E-state index >= 15 is 0 Å². The van der Waals surface area contributed by atoms with E-state index in [0.717, 1.165) is 0 Å². The van der Waals surface area contributed by atoms with Gasteiger partial charge in [0.15, 0.2) is 0 Å². The molecule has 0 spiro atoms. The van der Waals surface area contributed by atoms with Crippen molar-refractivity contribution in [2.24, 2.45) is 0 Å². The average molecular weight is 231 g/mol. The summed E-state index contributed by atoms with van der Waals surface area (Å²) in [4.78, 5) is 11.4. The van der Waals surface area contributed by atoms with E-state index in [4.69, 9.17) is 21.4 Å². The number of hydrogen-bond acceptors (Lipinski definition) is 4. The minimum absolute atomic E-state index is 0.205. The molecular weight excluding hydrogens is 220 g/mol. The Morgan fingerprint density at radius 3 is 2.60 bits per heavy atom. The van der Waals surface area contributed by atoms with Crippen LogP contribution in [0.2, 0.25) is 5.02 Å². The standard InChI is InChI=1S/C10H11ClO4/c1-14-9-6(5-12)3-7(11)4-8(9)10(13)15-2/h3-4,12H,5H2,1-2H3. The summed E-state index contributed by atoms with van der Waals surface area (Å²) >= 11 is 5.78. The second kappa shape index (κ2) is 5.00. The number of esters is 1. The zero-order chi connectivity index (χ0) is 11.4. The molecule has 4 nitrogen and oxygen atoms in total. The Bertz CT molecular complexity index is 376. The van der Waals surface area contributed by atoms with Crippen LogP contribution in [0.4, 0.5) is 0 Å². The van der Waals surface area contributed by atoms with Crippen molar-refractivity contribution < 1.29 is 19.4 Å². The topological polar surface area (TPSA) is 55.8 Å². The van der Waals surface area contributed by atoms with Gasteiger partial charge in [-0.05, 0) is 12.1 Å². The Kier molecular flexibility index (Phi) is 3.94. The van der Waals surface area contributed by atoms with E-state index in [2.05, 4.69) is 4.74 Å². The maximum absolute atomic E-state index is 11.4. The zero-order valence-corrected chi connectivity index (χ0v) is 9.17. The summed E-state index contributed by atoms with van der Waals surface area (Å²) in [5.74, 6) is -0.266. The van der Waals surface area contributed by atoms with Crippen molar-refractivity contribution >= 4 is 17.6 Å². The first-order valence-electron chi connectivity index (χ1n) is 4.19. The van der Waals surface area contributed by atoms with Gasteiger partial charge in [0.2, 0.25) is 0 Å². The van der Waals surface area contributed by atoms with Crippen LogP contribution in [-0.2, 0) is 11.3 Å². The minimum Gasteiger partial charge on any atom is -0.495 e. The van der Waals surface area contributed by atoms with Crippen LogP contribution in [0.15, 0.2) is 12.1 Å². The number of aliphatic hydroxyl groups is 1. The summed E-state index contributed by atoms with van der Waals surface area (Å²) in [7, 11) is 2.68. The molecule has 15 heavy (non-hydrogen) atoms. The van der Waals surface area contributed by atoms with Gasteiger partial charge in [-0.2, -0.15) is 0 Å². The molecule has 0 saturated carbocycles. The lowest BCUT2D eigenvalue weighted by Gasteiger charge is -2.11. The quantitative estimate of drug-likeness (QED) is 0.802. The number of aliphatic hydroxyl groups excluding tert-OH is 1. The van der Waals surface area contributed by atoms with E-state index in [1.807, 2.05) is 0 Å². The highest BCUT2D eigenvalue weighted by Gasteiger charge is 2.17. The molecule has 0 aliphatic carbocycles. The van der Waals surface area contributed by atoms with Gasteiger partial charge in [0, 0.05) is 10.6 Å². The highest BCUT2D eigenvalue weighted by atomic mass is 35.5. The number of methoxy groups -OCH3 is 2. The molecule has 82 valence electrons. The SMILES string of the molecule is COC(=O)c1cc(Cl)cc(CO)c1OC. The Balaban J connectivity index is 3.35. The summed E-state index contributed by atoms with van der Waals surface area (Å²) in [5.41, 5.74) is 0.655. The van der Waals surface area contributed by atoms with Gasteiger partial charge in [-0.15, -0.1) is 0 Å². The number of ether oxygens (including phenoxy) is 2. The van der Waals surface area contributed by atoms with Crippen LogP contribution >= 0.6 is 11.6 Å². The largest absolute Gasteiger partial charge is 0.495 e. The number of rotatable bonds is 3. The van der Waals surface area contributed by atoms with E-state index < -0.39 is 5.97 Å². The van der Waals surface area contributed by atoms with Crippen LogP contribution in [0.1, 0.15) is 15.9 Å². The first kappa shape index (κ1) is 11.8. The maximum Gasteiger partial charge on any atom is 0.341 e. The molecule has 0 saturated heterocycles. The van der Waals surface area contributed by atoms with Crippen molar-refractivity contribution in [3.63, 3.8) is 0 Å². The maximum atomic E-state index is 11.4. The van der Waals surface area contributed by atoms with Gasteiger partial charge in [-0.25, -0.2) is 4.79 Å². The molecule has 0 amide bonds. The van der Waals surface area contributed by atoms with Crippen LogP contribution in [0.5, 0.6) is 5.75 Å². The van der Waals surface area contributed by atoms with E-state index in [9.17, 15) is 4.79 Å². The molecule has 0 fully saturated rings. The van der Waals surface area contributed by atoms with Gasteiger partial charge < -0.3 is 14.6 Å². The van der Waals surface area contributed by atoms with Gasteiger partial charge in [-0.1, -0.05) is 11.6 Å². The number of carbonyl (C=O) groups is 1. The van der Waals surface area contributed by atoms with Crippen LogP contribution in [-0.4, -0.2) is 25.3 Å². The zero-order valence-electron chi connectivity index (χ0n) is 8.41. The average Bonchev–Trinajstić information content (AvgIpc) is 2.26. The van der Waals surface area contributed by atoms with Crippen molar-refractivity contribution in [2.75, 3.05) is 14.2 Å². The van der Waals surface area contributed by atoms with Crippen LogP contribution in [0.3, 0.4) is 0 Å². The van der Waals surface area contributed by atoms with Gasteiger partial charge in [0.1, 0.15) is 11.3 Å². The normalized spacial score (nSPS) is 9.87. The summed E-state index contributed by atoms with van der Waals surface area (Å²) in [6, 6.07) is 2.97. The molecule has 1 N–H and O–H groups in total. The van der Waals surface area contributed by atoms with E-state index in [0.29, 0.717) is 10.6 Å². The lowest BCUT2D eigenvalue weighted by Crippen LogP contribution is -2.06. The minimum atomic E-state index is -0.552. The summed E-state index contributed by atoms with van der Waals surface area (Å²) in [6.07, 6.45) is 0. The molecule has 1 aromatic carbocycles. The van der Waals surface area contributed by atoms with Crippen LogP contribution < -0.4 is 4.74 Å². The Morgan fingerprint density at radius 1 is 1.47 bits per heavy atom. The first-order valence-corrected chi connectivity index (χ1v) is 4.57. The van der Waals surface area contributed by atoms with Crippen LogP contribution in [0.25, 0.3) is 0 Å². The number of halogens is 1. The van der Waals surface area contributed by atoms with Crippen molar-refractivity contribution in [3.8, 4) is 5.75 Å². The molecule has 0 bridgehead atoms. The molecule has 1 aromatic rings. The molecule has 0 heterocycles. The monoisotopic (exact) mass is 230 g/mol. The third kappa shape index (κ3) is 2.40. The molecule has 0 atom stereocenters. The van der Waals surface area contributed by atoms with Gasteiger partial charge in [-0.3, -0.25) is 0 Å². The van der Waals surface area contributed by atoms with Crippen molar-refractivity contribution in [2.45, 2.75) is 6.61 Å². The molecule has 0 radical (unpaired) electrons. The molecule has 1 rings (SSSR count). The Labute approximate surface area is 92.4 Å². The predicted molar refractivity (Wildman–Crippen MR) is 55.3 cm³/mol. The number of carbonyl (C=O) groups excluding carboxylic acids is 1. The van der Waals surface area contributed by atoms with Crippen molar-refractivity contribution in [3.05, 3.63) is 28.3 Å². The molecule has 0 aliphatic rings. The fourth-order valence-corrected chi connectivity index (χ4v) is 1.51. The summed E-state index contributed by atoms with van der Waals surface area (Å²) < 4.78 is 9.60. The molecular formula is C10H11ClO4. The molecule has 0 unspecified atom stereocenters. The van der Waals surface area contributed by atoms with Crippen molar-refractivity contribution in [1.29, 1.82) is 0 Å². The van der Waals surface area contributed by atoms with Gasteiger partial charge in [0.25, 0.3) is 0 Å². The highest BCUT2D eigenvalue weighted by molar-refractivity contribution is 6.31. The van der Waals surface area contributed by atoms with Gasteiger partial charge in [0.05, 0.1) is 20.8 Å². The summed E-state index contributed by atoms with van der Waals surface area (Å²) in [6.45, 7) is -0.256. The lowest BCUT2D eigenvalue weighted by atomic mass is 10.1. The molecule has 0 aromatic heterocycles. The predicted octanol–water partition coefficient (Wildman–Crippen LogP) is 1.63. The number of benzene rings is 1. The number of hydrogen-bond donors (Lipinski definition) is 1. The second-order valence-electron chi connectivity index (χ2n) is 2.80. The van der Waals surface area contributed by atoms with E-state index in [-0.39, 0.29) is 17.9 Å². The lowest BCUT2D eigenvalue weighted by molar-refractivity contribution is 0.0596. The molecule has 5 heteroatoms. The Morgan fingerprint density at radius 2 is 2.13 bits per heavy atom. The molecule has 0 aliphatic heterocycles. The second-order valence-corrected chi connectivity index (χ2v) is 3.23. The fourth-order valence-electron chi connectivity index (χ4n) is 1.27. The van der Waals surface area contributed by atoms with E-state index in [1.54, 1.807) is 0 Å².